The summed E-state index contributed by atoms with van der Waals surface area (Å²) < 4.78 is 0. The highest BCUT2D eigenvalue weighted by atomic mass is 35.5. The summed E-state index contributed by atoms with van der Waals surface area (Å²) in [6.45, 7) is 1.95. The van der Waals surface area contributed by atoms with Gasteiger partial charge in [0, 0.05) is 6.04 Å². The second-order valence-corrected chi connectivity index (χ2v) is 3.88. The smallest absolute Gasteiger partial charge is 0.309 e. The minimum Gasteiger partial charge on any atom is -0.481 e. The van der Waals surface area contributed by atoms with E-state index in [1.807, 2.05) is 6.92 Å². The molecule has 4 nitrogen and oxygen atoms in total. The predicted molar refractivity (Wildman–Crippen MR) is 57.2 cm³/mol. The van der Waals surface area contributed by atoms with Crippen molar-refractivity contribution < 1.29 is 9.90 Å². The van der Waals surface area contributed by atoms with Gasteiger partial charge in [-0.1, -0.05) is 6.92 Å². The maximum Gasteiger partial charge on any atom is 0.309 e. The van der Waals surface area contributed by atoms with Gasteiger partial charge < -0.3 is 5.11 Å². The Morgan fingerprint density at radius 2 is 2.07 bits per heavy atom. The summed E-state index contributed by atoms with van der Waals surface area (Å²) in [5.41, 5.74) is 2.23. The number of halogens is 1. The van der Waals surface area contributed by atoms with Gasteiger partial charge in [-0.25, -0.2) is 0 Å². The maximum absolute atomic E-state index is 11.1. The highest BCUT2D eigenvalue weighted by molar-refractivity contribution is 5.85. The molecule has 0 spiro atoms. The summed E-state index contributed by atoms with van der Waals surface area (Å²) in [6, 6.07) is 0.305. The molecule has 0 aromatic rings. The van der Waals surface area contributed by atoms with Gasteiger partial charge in [-0.3, -0.25) is 16.1 Å². The standard InChI is InChI=1S/C9H18N2O2.ClH/c1-2-9(8(12)13)5-3-7(11-10)4-6-9;/h7,11H,2-6,10H2,1H3,(H,12,13);1H. The second-order valence-electron chi connectivity index (χ2n) is 3.88. The van der Waals surface area contributed by atoms with Gasteiger partial charge in [0.2, 0.25) is 0 Å². The molecule has 4 N–H and O–H groups in total. The van der Waals surface area contributed by atoms with Gasteiger partial charge in [0.1, 0.15) is 0 Å². The number of carboxylic acid groups (broad SMARTS) is 1. The zero-order valence-corrected chi connectivity index (χ0v) is 9.27. The maximum atomic E-state index is 11.1. The molecular formula is C9H19ClN2O2. The molecule has 0 amide bonds. The molecule has 0 bridgehead atoms. The third-order valence-corrected chi connectivity index (χ3v) is 3.31. The van der Waals surface area contributed by atoms with E-state index < -0.39 is 11.4 Å². The molecule has 0 saturated heterocycles. The number of hydrogen-bond donors (Lipinski definition) is 3. The molecule has 5 heteroatoms. The molecule has 0 aromatic carbocycles. The van der Waals surface area contributed by atoms with Gasteiger partial charge in [0.05, 0.1) is 5.41 Å². The number of nitrogens with one attached hydrogen (secondary N) is 1. The molecule has 1 fully saturated rings. The van der Waals surface area contributed by atoms with Crippen molar-refractivity contribution in [2.75, 3.05) is 0 Å². The number of nitrogens with two attached hydrogens (primary N) is 1. The van der Waals surface area contributed by atoms with Gasteiger partial charge in [0.15, 0.2) is 0 Å². The van der Waals surface area contributed by atoms with Gasteiger partial charge >= 0.3 is 5.97 Å². The fourth-order valence-corrected chi connectivity index (χ4v) is 2.06. The van der Waals surface area contributed by atoms with Gasteiger partial charge in [-0.2, -0.15) is 0 Å². The lowest BCUT2D eigenvalue weighted by atomic mass is 9.71. The zero-order valence-electron chi connectivity index (χ0n) is 8.45. The summed E-state index contributed by atoms with van der Waals surface area (Å²) >= 11 is 0. The number of carboxylic acids is 1. The third kappa shape index (κ3) is 2.59. The lowest BCUT2D eigenvalue weighted by Gasteiger charge is -2.35. The second kappa shape index (κ2) is 5.53. The zero-order chi connectivity index (χ0) is 9.90. The van der Waals surface area contributed by atoms with E-state index in [0.29, 0.717) is 6.04 Å². The number of aliphatic carboxylic acids is 1. The highest BCUT2D eigenvalue weighted by Crippen LogP contribution is 2.39. The van der Waals surface area contributed by atoms with E-state index in [1.54, 1.807) is 0 Å². The highest BCUT2D eigenvalue weighted by Gasteiger charge is 2.39. The van der Waals surface area contributed by atoms with Crippen LogP contribution in [0, 0.1) is 5.41 Å². The molecule has 1 aliphatic rings. The minimum atomic E-state index is -0.648. The molecule has 0 heterocycles. The van der Waals surface area contributed by atoms with E-state index in [0.717, 1.165) is 32.1 Å². The first-order chi connectivity index (χ1) is 6.14. The Labute approximate surface area is 90.6 Å². The fourth-order valence-electron chi connectivity index (χ4n) is 2.06. The summed E-state index contributed by atoms with van der Waals surface area (Å²) in [5.74, 6) is 4.66. The predicted octanol–water partition coefficient (Wildman–Crippen LogP) is 1.30. The largest absolute Gasteiger partial charge is 0.481 e. The van der Waals surface area contributed by atoms with Crippen LogP contribution in [-0.4, -0.2) is 17.1 Å². The van der Waals surface area contributed by atoms with Crippen molar-refractivity contribution >= 4 is 18.4 Å². The van der Waals surface area contributed by atoms with Crippen LogP contribution in [0.15, 0.2) is 0 Å². The first kappa shape index (κ1) is 13.7. The molecule has 0 aromatic heterocycles. The van der Waals surface area contributed by atoms with E-state index >= 15 is 0 Å². The Hall–Kier alpha value is -0.320. The van der Waals surface area contributed by atoms with Crippen LogP contribution in [0.1, 0.15) is 39.0 Å². The van der Waals surface area contributed by atoms with Crippen molar-refractivity contribution in [1.29, 1.82) is 0 Å². The van der Waals surface area contributed by atoms with Crippen molar-refractivity contribution in [3.05, 3.63) is 0 Å². The molecule has 1 aliphatic carbocycles. The van der Waals surface area contributed by atoms with E-state index in [9.17, 15) is 4.79 Å². The average Bonchev–Trinajstić information content (AvgIpc) is 2.17. The molecule has 0 atom stereocenters. The van der Waals surface area contributed by atoms with Crippen LogP contribution in [0.3, 0.4) is 0 Å². The van der Waals surface area contributed by atoms with Crippen LogP contribution in [-0.2, 0) is 4.79 Å². The van der Waals surface area contributed by atoms with E-state index in [4.69, 9.17) is 10.9 Å². The van der Waals surface area contributed by atoms with Gasteiger partial charge in [-0.05, 0) is 32.1 Å². The fraction of sp³-hybridized carbons (Fsp3) is 0.889. The van der Waals surface area contributed by atoms with E-state index in [-0.39, 0.29) is 12.4 Å². The summed E-state index contributed by atoms with van der Waals surface area (Å²) in [5, 5.41) is 9.10. The van der Waals surface area contributed by atoms with Crippen molar-refractivity contribution in [2.24, 2.45) is 11.3 Å². The topological polar surface area (TPSA) is 75.3 Å². The Balaban J connectivity index is 0.00000169. The van der Waals surface area contributed by atoms with Gasteiger partial charge in [-0.15, -0.1) is 12.4 Å². The van der Waals surface area contributed by atoms with Crippen LogP contribution in [0.25, 0.3) is 0 Å². The first-order valence-electron chi connectivity index (χ1n) is 4.84. The van der Waals surface area contributed by atoms with Crippen LogP contribution < -0.4 is 11.3 Å². The van der Waals surface area contributed by atoms with Crippen LogP contribution in [0.5, 0.6) is 0 Å². The Morgan fingerprint density at radius 3 is 2.36 bits per heavy atom. The number of rotatable bonds is 3. The monoisotopic (exact) mass is 222 g/mol. The molecule has 0 radical (unpaired) electrons. The lowest BCUT2D eigenvalue weighted by molar-refractivity contribution is -0.151. The van der Waals surface area contributed by atoms with Crippen molar-refractivity contribution in [2.45, 2.75) is 45.1 Å². The normalized spacial score (nSPS) is 32.0. The lowest BCUT2D eigenvalue weighted by Crippen LogP contribution is -2.43. The Kier molecular flexibility index (Phi) is 5.41. The van der Waals surface area contributed by atoms with E-state index in [1.165, 1.54) is 0 Å². The molecule has 1 rings (SSSR count). The molecule has 14 heavy (non-hydrogen) atoms. The van der Waals surface area contributed by atoms with Crippen LogP contribution in [0.2, 0.25) is 0 Å². The van der Waals surface area contributed by atoms with E-state index in [2.05, 4.69) is 5.43 Å². The number of hydrogen-bond acceptors (Lipinski definition) is 3. The van der Waals surface area contributed by atoms with Crippen LogP contribution in [0.4, 0.5) is 0 Å². The Morgan fingerprint density at radius 1 is 1.57 bits per heavy atom. The molecule has 1 saturated carbocycles. The van der Waals surface area contributed by atoms with Crippen molar-refractivity contribution in [3.8, 4) is 0 Å². The summed E-state index contributed by atoms with van der Waals surface area (Å²) in [4.78, 5) is 11.1. The average molecular weight is 223 g/mol. The molecule has 0 unspecified atom stereocenters. The molecule has 84 valence electrons. The Bertz CT molecular complexity index is 191. The summed E-state index contributed by atoms with van der Waals surface area (Å²) in [6.07, 6.45) is 3.95. The summed E-state index contributed by atoms with van der Waals surface area (Å²) in [7, 11) is 0. The molecular weight excluding hydrogens is 204 g/mol. The quantitative estimate of drug-likeness (QED) is 0.497. The van der Waals surface area contributed by atoms with Crippen molar-refractivity contribution in [3.63, 3.8) is 0 Å². The first-order valence-corrected chi connectivity index (χ1v) is 4.84. The number of hydrazine groups is 1. The third-order valence-electron chi connectivity index (χ3n) is 3.31. The van der Waals surface area contributed by atoms with Gasteiger partial charge in [0.25, 0.3) is 0 Å². The SMILES string of the molecule is CCC1(C(=O)O)CCC(NN)CC1.Cl. The van der Waals surface area contributed by atoms with Crippen LogP contribution >= 0.6 is 12.4 Å². The molecule has 0 aliphatic heterocycles. The van der Waals surface area contributed by atoms with Crippen molar-refractivity contribution in [1.82, 2.24) is 5.43 Å². The minimum absolute atomic E-state index is 0. The number of carbonyl (C=O) groups is 1.